The molecule has 0 unspecified atom stereocenters. The number of benzene rings is 5. The van der Waals surface area contributed by atoms with Crippen LogP contribution in [0.15, 0.2) is 145 Å². The van der Waals surface area contributed by atoms with Gasteiger partial charge in [-0.15, -0.1) is 6.58 Å². The second kappa shape index (κ2) is 22.8. The summed E-state index contributed by atoms with van der Waals surface area (Å²) < 4.78 is 21.7. The maximum atomic E-state index is 15.6. The van der Waals surface area contributed by atoms with E-state index in [1.165, 1.54) is 12.8 Å². The summed E-state index contributed by atoms with van der Waals surface area (Å²) in [5.74, 6) is 0.928. The minimum Gasteiger partial charge on any atom is -0.459 e. The van der Waals surface area contributed by atoms with Gasteiger partial charge in [0.15, 0.2) is 0 Å². The molecular formula is C62H74N2O7. The van der Waals surface area contributed by atoms with Crippen molar-refractivity contribution in [2.45, 2.75) is 134 Å². The Bertz CT molecular complexity index is 2640. The molecule has 2 fully saturated rings. The highest BCUT2D eigenvalue weighted by Crippen LogP contribution is 2.62. The maximum absolute atomic E-state index is 15.6. The third kappa shape index (κ3) is 11.3. The van der Waals surface area contributed by atoms with Crippen molar-refractivity contribution in [3.05, 3.63) is 151 Å². The Labute approximate surface area is 421 Å². The molecule has 2 saturated carbocycles. The summed E-state index contributed by atoms with van der Waals surface area (Å²) in [6, 6.07) is 38.9. The van der Waals surface area contributed by atoms with Crippen molar-refractivity contribution in [3.8, 4) is 28.4 Å². The number of rotatable bonds is 21. The fraction of sp³-hybridized carbons (Fsp3) is 0.452. The van der Waals surface area contributed by atoms with Gasteiger partial charge < -0.3 is 34.2 Å². The molecule has 71 heavy (non-hydrogen) atoms. The second-order valence-electron chi connectivity index (χ2n) is 21.3. The van der Waals surface area contributed by atoms with Gasteiger partial charge in [-0.2, -0.15) is 0 Å². The monoisotopic (exact) mass is 959 g/mol. The van der Waals surface area contributed by atoms with Gasteiger partial charge in [-0.05, 0) is 134 Å². The van der Waals surface area contributed by atoms with Crippen molar-refractivity contribution in [1.82, 2.24) is 4.90 Å². The average Bonchev–Trinajstić information content (AvgIpc) is 3.91. The molecule has 6 atom stereocenters. The van der Waals surface area contributed by atoms with E-state index in [0.29, 0.717) is 49.6 Å². The van der Waals surface area contributed by atoms with E-state index in [4.69, 9.17) is 24.2 Å². The normalized spacial score (nSPS) is 23.4. The number of aliphatic hydroxyl groups is 2. The Morgan fingerprint density at radius 3 is 2.28 bits per heavy atom. The van der Waals surface area contributed by atoms with Crippen LogP contribution in [-0.2, 0) is 20.9 Å². The minimum absolute atomic E-state index is 0.0742. The Hall–Kier alpha value is -5.74. The lowest BCUT2D eigenvalue weighted by Gasteiger charge is -2.60. The number of hydrogen-bond donors (Lipinski definition) is 2. The first-order valence-corrected chi connectivity index (χ1v) is 26.4. The third-order valence-electron chi connectivity index (χ3n) is 15.4. The molecule has 1 heterocycles. The van der Waals surface area contributed by atoms with Crippen LogP contribution in [0, 0.1) is 23.7 Å². The zero-order valence-corrected chi connectivity index (χ0v) is 42.1. The minimum atomic E-state index is -1.37. The predicted molar refractivity (Wildman–Crippen MR) is 283 cm³/mol. The molecular weight excluding hydrogens is 885 g/mol. The van der Waals surface area contributed by atoms with Crippen molar-refractivity contribution in [2.24, 2.45) is 28.8 Å². The number of nitrogens with zero attached hydrogens (tertiary/aromatic N) is 2. The summed E-state index contributed by atoms with van der Waals surface area (Å²) in [6.07, 6.45) is 15.3. The lowest BCUT2D eigenvalue weighted by atomic mass is 9.55. The number of hydrogen-bond acceptors (Lipinski definition) is 8. The SMILES string of the molecule is C=CCO[C@@]12Oc3ccc(Oc4ccc(-c5ccccc5)cc4)cc3[C@H]3[C@H](CCCCO)[C@@H](CCCCO)C=C(C(=NOC(C)(C)C)C[C@@H]1N(Cc1cccc4ccccc14)C(=O)CCC1CCCC1)[C@H]32. The number of carbonyl (C=O) groups is 1. The molecule has 1 amide bonds. The Morgan fingerprint density at radius 2 is 1.54 bits per heavy atom. The van der Waals surface area contributed by atoms with E-state index in [9.17, 15) is 10.2 Å². The van der Waals surface area contributed by atoms with Crippen LogP contribution in [0.1, 0.15) is 121 Å². The van der Waals surface area contributed by atoms with Gasteiger partial charge in [0.25, 0.3) is 0 Å². The van der Waals surface area contributed by atoms with Crippen LogP contribution in [0.2, 0.25) is 0 Å². The van der Waals surface area contributed by atoms with Gasteiger partial charge in [0.05, 0.1) is 18.2 Å². The molecule has 374 valence electrons. The smallest absolute Gasteiger partial charge is 0.239 e. The second-order valence-corrected chi connectivity index (χ2v) is 21.3. The van der Waals surface area contributed by atoms with Crippen molar-refractivity contribution < 1.29 is 34.1 Å². The largest absolute Gasteiger partial charge is 0.459 e. The molecule has 3 aliphatic carbocycles. The fourth-order valence-electron chi connectivity index (χ4n) is 12.1. The summed E-state index contributed by atoms with van der Waals surface area (Å²) in [6.45, 7) is 11.0. The van der Waals surface area contributed by atoms with E-state index in [-0.39, 0.29) is 43.5 Å². The van der Waals surface area contributed by atoms with E-state index in [2.05, 4.69) is 90.4 Å². The molecule has 9 rings (SSSR count). The molecule has 5 aromatic rings. The summed E-state index contributed by atoms with van der Waals surface area (Å²) in [5.41, 5.74) is 5.55. The van der Waals surface area contributed by atoms with Gasteiger partial charge >= 0.3 is 0 Å². The summed E-state index contributed by atoms with van der Waals surface area (Å²) in [7, 11) is 0. The highest BCUT2D eigenvalue weighted by molar-refractivity contribution is 6.03. The van der Waals surface area contributed by atoms with Crippen LogP contribution in [0.5, 0.6) is 17.2 Å². The Morgan fingerprint density at radius 1 is 0.831 bits per heavy atom. The van der Waals surface area contributed by atoms with Crippen LogP contribution >= 0.6 is 0 Å². The molecule has 0 aromatic heterocycles. The first-order valence-electron chi connectivity index (χ1n) is 26.4. The molecule has 9 heteroatoms. The van der Waals surface area contributed by atoms with Gasteiger partial charge in [-0.1, -0.05) is 141 Å². The molecule has 9 nitrogen and oxygen atoms in total. The fourth-order valence-corrected chi connectivity index (χ4v) is 12.1. The topological polar surface area (TPSA) is 110 Å². The highest BCUT2D eigenvalue weighted by Gasteiger charge is 2.65. The van der Waals surface area contributed by atoms with E-state index >= 15 is 4.79 Å². The van der Waals surface area contributed by atoms with E-state index < -0.39 is 23.3 Å². The molecule has 0 radical (unpaired) electrons. The quantitative estimate of drug-likeness (QED) is 0.0428. The number of carbonyl (C=O) groups excluding carboxylic acids is 1. The van der Waals surface area contributed by atoms with E-state index in [0.717, 1.165) is 95.0 Å². The Kier molecular flexibility index (Phi) is 16.1. The molecule has 5 aromatic carbocycles. The number of unbranched alkanes of at least 4 members (excludes halogenated alkanes) is 2. The summed E-state index contributed by atoms with van der Waals surface area (Å²) >= 11 is 0. The van der Waals surface area contributed by atoms with Crippen molar-refractivity contribution >= 4 is 22.4 Å². The summed E-state index contributed by atoms with van der Waals surface area (Å²) in [5, 5.41) is 27.6. The first kappa shape index (κ1) is 50.2. The molecule has 0 spiro atoms. The van der Waals surface area contributed by atoms with Gasteiger partial charge in [0.2, 0.25) is 11.7 Å². The number of oxime groups is 1. The highest BCUT2D eigenvalue weighted by atomic mass is 16.7. The van der Waals surface area contributed by atoms with Crippen LogP contribution in [-0.4, -0.2) is 64.0 Å². The van der Waals surface area contributed by atoms with Crippen LogP contribution in [0.3, 0.4) is 0 Å². The van der Waals surface area contributed by atoms with Crippen LogP contribution < -0.4 is 9.47 Å². The maximum Gasteiger partial charge on any atom is 0.239 e. The van der Waals surface area contributed by atoms with Gasteiger partial charge in [-0.3, -0.25) is 4.79 Å². The van der Waals surface area contributed by atoms with Gasteiger partial charge in [-0.25, -0.2) is 0 Å². The average molecular weight is 959 g/mol. The van der Waals surface area contributed by atoms with Crippen LogP contribution in [0.4, 0.5) is 0 Å². The third-order valence-corrected chi connectivity index (χ3v) is 15.4. The van der Waals surface area contributed by atoms with Gasteiger partial charge in [0, 0.05) is 44.1 Å². The van der Waals surface area contributed by atoms with Gasteiger partial charge in [0.1, 0.15) is 28.9 Å². The molecule has 4 aliphatic rings. The van der Waals surface area contributed by atoms with E-state index in [1.54, 1.807) is 6.08 Å². The van der Waals surface area contributed by atoms with Crippen molar-refractivity contribution in [2.75, 3.05) is 19.8 Å². The van der Waals surface area contributed by atoms with E-state index in [1.807, 2.05) is 63.2 Å². The lowest BCUT2D eigenvalue weighted by Crippen LogP contribution is -2.70. The molecule has 0 bridgehead atoms. The zero-order chi connectivity index (χ0) is 49.4. The van der Waals surface area contributed by atoms with Crippen molar-refractivity contribution in [1.29, 1.82) is 0 Å². The first-order chi connectivity index (χ1) is 34.6. The van der Waals surface area contributed by atoms with Crippen LogP contribution in [0.25, 0.3) is 21.9 Å². The Balaban J connectivity index is 1.22. The standard InChI is InChI=1S/C62H74N2O7/c1-5-38-68-62-57(64(58(67)35-28-43-18-9-10-19-43)42-48-25-17-24-46-22-11-12-26-51(46)48)41-55(63-71-61(2,3)4)53-39-47(23-13-15-36-65)52(27-14-16-37-66)59(60(53)62)54-40-50(33-34-56(54)70-62)69-49-31-29-45(30-32-49)44-20-7-6-8-21-44/h5-8,11-12,17,20-22,24-26,29-34,39-40,43,47,52,57,59-60,65-66H,1,9-10,13-16,18-19,23,27-28,35-38,41-42H2,2-4H3/t47-,52+,57-,59+,60+,62+/m0/s1. The number of aliphatic hydroxyl groups excluding tert-OH is 2. The lowest BCUT2D eigenvalue weighted by molar-refractivity contribution is -0.258. The zero-order valence-electron chi connectivity index (χ0n) is 42.1. The number of amides is 1. The predicted octanol–water partition coefficient (Wildman–Crippen LogP) is 13.7. The number of fused-ring (bicyclic) bond motifs is 3. The number of allylic oxidation sites excluding steroid dienone is 1. The van der Waals surface area contributed by atoms with Crippen molar-refractivity contribution in [3.63, 3.8) is 0 Å². The number of ether oxygens (including phenoxy) is 3. The molecule has 0 saturated heterocycles. The summed E-state index contributed by atoms with van der Waals surface area (Å²) in [4.78, 5) is 24.1. The molecule has 1 aliphatic heterocycles. The molecule has 2 N–H and O–H groups in total.